The SMILES string of the molecule is O=C(c1ccc(OCC(F)F)nc1)N1CCC2(O)CCCCC2C1. The van der Waals surface area contributed by atoms with Crippen LogP contribution in [0.25, 0.3) is 0 Å². The first-order chi connectivity index (χ1) is 11.5. The Bertz CT molecular complexity index is 582. The van der Waals surface area contributed by atoms with Gasteiger partial charge in [0, 0.05) is 31.3 Å². The molecule has 0 radical (unpaired) electrons. The summed E-state index contributed by atoms with van der Waals surface area (Å²) in [7, 11) is 0. The number of pyridine rings is 1. The minimum absolute atomic E-state index is 0.0761. The molecule has 2 aliphatic rings. The molecule has 7 heteroatoms. The highest BCUT2D eigenvalue weighted by atomic mass is 19.3. The fourth-order valence-electron chi connectivity index (χ4n) is 3.68. The molecular weight excluding hydrogens is 318 g/mol. The van der Waals surface area contributed by atoms with Crippen molar-refractivity contribution in [3.63, 3.8) is 0 Å². The highest BCUT2D eigenvalue weighted by molar-refractivity contribution is 5.94. The maximum Gasteiger partial charge on any atom is 0.272 e. The van der Waals surface area contributed by atoms with Crippen molar-refractivity contribution in [1.82, 2.24) is 9.88 Å². The molecule has 1 N–H and O–H groups in total. The normalized spacial score (nSPS) is 27.0. The van der Waals surface area contributed by atoms with Gasteiger partial charge in [0.05, 0.1) is 11.2 Å². The van der Waals surface area contributed by atoms with E-state index in [1.165, 1.54) is 18.3 Å². The number of ether oxygens (including phenoxy) is 1. The highest BCUT2D eigenvalue weighted by Crippen LogP contribution is 2.40. The molecule has 5 nitrogen and oxygen atoms in total. The summed E-state index contributed by atoms with van der Waals surface area (Å²) in [6.45, 7) is 0.362. The second-order valence-electron chi connectivity index (χ2n) is 6.63. The van der Waals surface area contributed by atoms with Gasteiger partial charge in [-0.15, -0.1) is 0 Å². The van der Waals surface area contributed by atoms with E-state index in [1.807, 2.05) is 0 Å². The fraction of sp³-hybridized carbons (Fsp3) is 0.647. The number of aliphatic hydroxyl groups is 1. The summed E-state index contributed by atoms with van der Waals surface area (Å²) in [5, 5.41) is 10.7. The Morgan fingerprint density at radius 2 is 2.25 bits per heavy atom. The van der Waals surface area contributed by atoms with Gasteiger partial charge in [-0.25, -0.2) is 13.8 Å². The standard InChI is InChI=1S/C17H22F2N2O3/c18-14(19)11-24-15-5-4-12(9-20-15)16(22)21-8-7-17(23)6-2-1-3-13(17)10-21/h4-5,9,13-14,23H,1-3,6-8,10-11H2. The molecule has 0 aromatic carbocycles. The van der Waals surface area contributed by atoms with Gasteiger partial charge in [-0.3, -0.25) is 4.79 Å². The lowest BCUT2D eigenvalue weighted by molar-refractivity contribution is -0.0886. The lowest BCUT2D eigenvalue weighted by Gasteiger charge is -2.47. The van der Waals surface area contributed by atoms with Crippen LogP contribution in [0, 0.1) is 5.92 Å². The average molecular weight is 340 g/mol. The number of nitrogens with zero attached hydrogens (tertiary/aromatic N) is 2. The van der Waals surface area contributed by atoms with Crippen LogP contribution < -0.4 is 4.74 Å². The van der Waals surface area contributed by atoms with E-state index in [-0.39, 0.29) is 17.7 Å². The number of alkyl halides is 2. The van der Waals surface area contributed by atoms with Crippen molar-refractivity contribution in [3.8, 4) is 5.88 Å². The largest absolute Gasteiger partial charge is 0.472 e. The number of carbonyl (C=O) groups is 1. The van der Waals surface area contributed by atoms with Crippen molar-refractivity contribution in [2.75, 3.05) is 19.7 Å². The van der Waals surface area contributed by atoms with E-state index in [0.29, 0.717) is 25.1 Å². The molecule has 1 aromatic rings. The van der Waals surface area contributed by atoms with Crippen LogP contribution in [0.5, 0.6) is 5.88 Å². The first kappa shape index (κ1) is 17.1. The molecule has 2 fully saturated rings. The van der Waals surface area contributed by atoms with Gasteiger partial charge in [0.2, 0.25) is 5.88 Å². The van der Waals surface area contributed by atoms with Crippen LogP contribution in [-0.4, -0.2) is 52.6 Å². The summed E-state index contributed by atoms with van der Waals surface area (Å²) < 4.78 is 29.0. The van der Waals surface area contributed by atoms with Gasteiger partial charge in [0.25, 0.3) is 12.3 Å². The Balaban J connectivity index is 1.62. The van der Waals surface area contributed by atoms with Crippen molar-refractivity contribution < 1.29 is 23.4 Å². The van der Waals surface area contributed by atoms with Crippen molar-refractivity contribution in [1.29, 1.82) is 0 Å². The van der Waals surface area contributed by atoms with Gasteiger partial charge in [-0.2, -0.15) is 0 Å². The molecule has 1 aliphatic heterocycles. The van der Waals surface area contributed by atoms with E-state index in [0.717, 1.165) is 25.7 Å². The van der Waals surface area contributed by atoms with E-state index in [4.69, 9.17) is 4.74 Å². The smallest absolute Gasteiger partial charge is 0.272 e. The van der Waals surface area contributed by atoms with Crippen molar-refractivity contribution in [2.45, 2.75) is 44.1 Å². The van der Waals surface area contributed by atoms with Crippen molar-refractivity contribution in [2.24, 2.45) is 5.92 Å². The van der Waals surface area contributed by atoms with Crippen LogP contribution >= 0.6 is 0 Å². The van der Waals surface area contributed by atoms with Crippen LogP contribution in [0.3, 0.4) is 0 Å². The molecule has 2 atom stereocenters. The van der Waals surface area contributed by atoms with Crippen LogP contribution in [-0.2, 0) is 0 Å². The molecule has 24 heavy (non-hydrogen) atoms. The summed E-state index contributed by atoms with van der Waals surface area (Å²) in [5.74, 6) is 0.0632. The summed E-state index contributed by atoms with van der Waals surface area (Å²) in [6.07, 6.45) is 3.29. The highest BCUT2D eigenvalue weighted by Gasteiger charge is 2.43. The molecule has 1 amide bonds. The molecule has 2 heterocycles. The number of fused-ring (bicyclic) bond motifs is 1. The number of carbonyl (C=O) groups excluding carboxylic acids is 1. The summed E-state index contributed by atoms with van der Waals surface area (Å²) in [5.41, 5.74) is -0.221. The van der Waals surface area contributed by atoms with Gasteiger partial charge in [0.15, 0.2) is 6.61 Å². The third kappa shape index (κ3) is 3.66. The van der Waals surface area contributed by atoms with Crippen LogP contribution in [0.2, 0.25) is 0 Å². The van der Waals surface area contributed by atoms with Gasteiger partial charge in [0.1, 0.15) is 0 Å². The van der Waals surface area contributed by atoms with Gasteiger partial charge >= 0.3 is 0 Å². The molecule has 132 valence electrons. The van der Waals surface area contributed by atoms with E-state index >= 15 is 0 Å². The number of halogens is 2. The van der Waals surface area contributed by atoms with Crippen LogP contribution in [0.4, 0.5) is 8.78 Å². The minimum atomic E-state index is -2.56. The Morgan fingerprint density at radius 1 is 1.42 bits per heavy atom. The van der Waals surface area contributed by atoms with E-state index in [2.05, 4.69) is 4.98 Å². The second kappa shape index (κ2) is 7.01. The number of aromatic nitrogens is 1. The molecule has 0 bridgehead atoms. The summed E-state index contributed by atoms with van der Waals surface area (Å²) in [6, 6.07) is 2.97. The van der Waals surface area contributed by atoms with Crippen molar-refractivity contribution >= 4 is 5.91 Å². The topological polar surface area (TPSA) is 62.7 Å². The van der Waals surface area contributed by atoms with E-state index in [9.17, 15) is 18.7 Å². The third-order valence-electron chi connectivity index (χ3n) is 5.06. The molecule has 1 saturated carbocycles. The first-order valence-electron chi connectivity index (χ1n) is 8.36. The lowest BCUT2D eigenvalue weighted by Crippen LogP contribution is -2.54. The average Bonchev–Trinajstić information content (AvgIpc) is 2.59. The fourth-order valence-corrected chi connectivity index (χ4v) is 3.68. The number of hydrogen-bond donors (Lipinski definition) is 1. The third-order valence-corrected chi connectivity index (χ3v) is 5.06. The Hall–Kier alpha value is -1.76. The number of amides is 1. The lowest BCUT2D eigenvalue weighted by atomic mass is 9.71. The predicted molar refractivity (Wildman–Crippen MR) is 83.2 cm³/mol. The maximum atomic E-state index is 12.6. The minimum Gasteiger partial charge on any atom is -0.472 e. The Kier molecular flexibility index (Phi) is 4.99. The Morgan fingerprint density at radius 3 is 2.96 bits per heavy atom. The molecule has 1 aliphatic carbocycles. The molecule has 3 rings (SSSR count). The van der Waals surface area contributed by atoms with E-state index < -0.39 is 18.6 Å². The zero-order chi connectivity index (χ0) is 17.2. The van der Waals surface area contributed by atoms with Crippen molar-refractivity contribution in [3.05, 3.63) is 23.9 Å². The van der Waals surface area contributed by atoms with Gasteiger partial charge < -0.3 is 14.7 Å². The zero-order valence-electron chi connectivity index (χ0n) is 13.5. The van der Waals surface area contributed by atoms with E-state index in [1.54, 1.807) is 4.90 Å². The zero-order valence-corrected chi connectivity index (χ0v) is 13.5. The molecule has 1 saturated heterocycles. The van der Waals surface area contributed by atoms with Gasteiger partial charge in [-0.1, -0.05) is 12.8 Å². The quantitative estimate of drug-likeness (QED) is 0.915. The number of piperidine rings is 1. The number of likely N-dealkylation sites (tertiary alicyclic amines) is 1. The predicted octanol–water partition coefficient (Wildman–Crippen LogP) is 2.49. The van der Waals surface area contributed by atoms with Crippen LogP contribution in [0.15, 0.2) is 18.3 Å². The summed E-state index contributed by atoms with van der Waals surface area (Å²) in [4.78, 5) is 18.3. The molecule has 2 unspecified atom stereocenters. The maximum absolute atomic E-state index is 12.6. The number of hydrogen-bond acceptors (Lipinski definition) is 4. The summed E-state index contributed by atoms with van der Waals surface area (Å²) >= 11 is 0. The van der Waals surface area contributed by atoms with Gasteiger partial charge in [-0.05, 0) is 25.3 Å². The molecular formula is C17H22F2N2O3. The second-order valence-corrected chi connectivity index (χ2v) is 6.63. The molecule has 0 spiro atoms. The monoisotopic (exact) mass is 340 g/mol. The number of rotatable bonds is 4. The molecule has 1 aromatic heterocycles. The Labute approximate surface area is 139 Å². The van der Waals surface area contributed by atoms with Crippen LogP contribution in [0.1, 0.15) is 42.5 Å². The first-order valence-corrected chi connectivity index (χ1v) is 8.36.